The average molecular weight is 178 g/mol. The predicted octanol–water partition coefficient (Wildman–Crippen LogP) is 0.626. The van der Waals surface area contributed by atoms with Crippen LogP contribution in [0.25, 0.3) is 0 Å². The first-order valence-corrected chi connectivity index (χ1v) is 4.63. The van der Waals surface area contributed by atoms with Crippen LogP contribution in [0.1, 0.15) is 12.8 Å². The lowest BCUT2D eigenvalue weighted by atomic mass is 10.2. The molecule has 1 unspecified atom stereocenters. The van der Waals surface area contributed by atoms with Crippen molar-refractivity contribution >= 4 is 5.95 Å². The van der Waals surface area contributed by atoms with Gasteiger partial charge in [-0.3, -0.25) is 0 Å². The third kappa shape index (κ3) is 2.39. The first-order valence-electron chi connectivity index (χ1n) is 4.63. The lowest BCUT2D eigenvalue weighted by Gasteiger charge is -2.10. The zero-order valence-corrected chi connectivity index (χ0v) is 7.48. The van der Waals surface area contributed by atoms with Crippen LogP contribution in [-0.4, -0.2) is 22.6 Å². The Balaban J connectivity index is 1.78. The number of hydrogen-bond acceptors (Lipinski definition) is 4. The van der Waals surface area contributed by atoms with Gasteiger partial charge in [-0.25, -0.2) is 9.97 Å². The van der Waals surface area contributed by atoms with Crippen LogP contribution in [0.3, 0.4) is 0 Å². The van der Waals surface area contributed by atoms with Gasteiger partial charge in [-0.15, -0.1) is 0 Å². The number of hydrogen-bond donors (Lipinski definition) is 2. The molecule has 1 aromatic rings. The Labute approximate surface area is 77.6 Å². The number of aromatic nitrogens is 2. The Morgan fingerprint density at radius 1 is 1.46 bits per heavy atom. The first kappa shape index (κ1) is 8.44. The summed E-state index contributed by atoms with van der Waals surface area (Å²) in [5.41, 5.74) is 5.91. The molecule has 0 saturated heterocycles. The molecule has 70 valence electrons. The largest absolute Gasteiger partial charge is 0.353 e. The first-order chi connectivity index (χ1) is 6.36. The van der Waals surface area contributed by atoms with Crippen LogP contribution in [-0.2, 0) is 0 Å². The predicted molar refractivity (Wildman–Crippen MR) is 51.2 cm³/mol. The summed E-state index contributed by atoms with van der Waals surface area (Å²) >= 11 is 0. The van der Waals surface area contributed by atoms with Crippen molar-refractivity contribution in [2.45, 2.75) is 18.9 Å². The fraction of sp³-hybridized carbons (Fsp3) is 0.556. The molecule has 1 aliphatic rings. The molecule has 3 N–H and O–H groups in total. The van der Waals surface area contributed by atoms with Gasteiger partial charge < -0.3 is 11.1 Å². The summed E-state index contributed by atoms with van der Waals surface area (Å²) in [4.78, 5) is 8.11. The summed E-state index contributed by atoms with van der Waals surface area (Å²) in [7, 11) is 0. The van der Waals surface area contributed by atoms with Crippen molar-refractivity contribution in [1.29, 1.82) is 0 Å². The monoisotopic (exact) mass is 178 g/mol. The van der Waals surface area contributed by atoms with E-state index in [9.17, 15) is 0 Å². The number of nitrogens with zero attached hydrogens (tertiary/aromatic N) is 2. The van der Waals surface area contributed by atoms with Gasteiger partial charge in [-0.05, 0) is 24.8 Å². The van der Waals surface area contributed by atoms with Crippen LogP contribution in [0.5, 0.6) is 0 Å². The molecule has 0 aromatic carbocycles. The van der Waals surface area contributed by atoms with Gasteiger partial charge in [0, 0.05) is 25.0 Å². The Morgan fingerprint density at radius 2 is 2.15 bits per heavy atom. The second kappa shape index (κ2) is 3.70. The van der Waals surface area contributed by atoms with E-state index in [1.165, 1.54) is 12.8 Å². The van der Waals surface area contributed by atoms with Crippen LogP contribution < -0.4 is 11.1 Å². The fourth-order valence-corrected chi connectivity index (χ4v) is 1.29. The van der Waals surface area contributed by atoms with E-state index < -0.39 is 0 Å². The molecule has 1 fully saturated rings. The maximum absolute atomic E-state index is 5.91. The minimum absolute atomic E-state index is 0.254. The lowest BCUT2D eigenvalue weighted by molar-refractivity contribution is 0.618. The second-order valence-electron chi connectivity index (χ2n) is 3.45. The molecule has 0 aliphatic heterocycles. The van der Waals surface area contributed by atoms with Crippen LogP contribution in [0.4, 0.5) is 5.95 Å². The molecule has 0 radical (unpaired) electrons. The molecule has 2 rings (SSSR count). The summed E-state index contributed by atoms with van der Waals surface area (Å²) in [6.07, 6.45) is 5.99. The standard InChI is InChI=1S/C9H14N4/c10-8(7-2-3-7)6-13-9-11-4-1-5-12-9/h1,4-5,7-8H,2-3,6,10H2,(H,11,12,13). The highest BCUT2D eigenvalue weighted by Crippen LogP contribution is 2.31. The van der Waals surface area contributed by atoms with Gasteiger partial charge in [-0.2, -0.15) is 0 Å². The third-order valence-electron chi connectivity index (χ3n) is 2.29. The van der Waals surface area contributed by atoms with Crippen molar-refractivity contribution in [3.05, 3.63) is 18.5 Å². The van der Waals surface area contributed by atoms with E-state index in [0.29, 0.717) is 5.95 Å². The number of anilines is 1. The maximum Gasteiger partial charge on any atom is 0.222 e. The topological polar surface area (TPSA) is 63.8 Å². The molecule has 1 heterocycles. The maximum atomic E-state index is 5.91. The second-order valence-corrected chi connectivity index (χ2v) is 3.45. The molecule has 4 heteroatoms. The Kier molecular flexibility index (Phi) is 2.40. The van der Waals surface area contributed by atoms with Gasteiger partial charge in [-0.1, -0.05) is 0 Å². The minimum Gasteiger partial charge on any atom is -0.353 e. The van der Waals surface area contributed by atoms with Gasteiger partial charge in [0.25, 0.3) is 0 Å². The highest BCUT2D eigenvalue weighted by Gasteiger charge is 2.28. The van der Waals surface area contributed by atoms with E-state index in [4.69, 9.17) is 5.73 Å². The Hall–Kier alpha value is -1.16. The third-order valence-corrected chi connectivity index (χ3v) is 2.29. The van der Waals surface area contributed by atoms with Crippen molar-refractivity contribution in [1.82, 2.24) is 9.97 Å². The smallest absolute Gasteiger partial charge is 0.222 e. The molecule has 0 bridgehead atoms. The molecule has 1 aliphatic carbocycles. The SMILES string of the molecule is NC(CNc1ncccn1)C1CC1. The van der Waals surface area contributed by atoms with Crippen molar-refractivity contribution < 1.29 is 0 Å². The molecule has 0 spiro atoms. The van der Waals surface area contributed by atoms with E-state index in [2.05, 4.69) is 15.3 Å². The van der Waals surface area contributed by atoms with Gasteiger partial charge in [0.1, 0.15) is 0 Å². The van der Waals surface area contributed by atoms with Crippen molar-refractivity contribution in [2.24, 2.45) is 11.7 Å². The highest BCUT2D eigenvalue weighted by atomic mass is 15.1. The summed E-state index contributed by atoms with van der Waals surface area (Å²) in [5, 5.41) is 3.12. The molecular weight excluding hydrogens is 164 g/mol. The Bertz CT molecular complexity index is 258. The fourth-order valence-electron chi connectivity index (χ4n) is 1.29. The summed E-state index contributed by atoms with van der Waals surface area (Å²) in [5.74, 6) is 1.38. The van der Waals surface area contributed by atoms with Gasteiger partial charge >= 0.3 is 0 Å². The molecular formula is C9H14N4. The number of nitrogens with two attached hydrogens (primary N) is 1. The Morgan fingerprint density at radius 3 is 2.77 bits per heavy atom. The van der Waals surface area contributed by atoms with Gasteiger partial charge in [0.2, 0.25) is 5.95 Å². The molecule has 1 aromatic heterocycles. The van der Waals surface area contributed by atoms with E-state index >= 15 is 0 Å². The summed E-state index contributed by atoms with van der Waals surface area (Å²) in [6, 6.07) is 2.05. The van der Waals surface area contributed by atoms with E-state index in [0.717, 1.165) is 12.5 Å². The average Bonchev–Trinajstić information content (AvgIpc) is 2.99. The normalized spacial score (nSPS) is 18.2. The molecule has 1 atom stereocenters. The van der Waals surface area contributed by atoms with E-state index in [1.54, 1.807) is 18.5 Å². The van der Waals surface area contributed by atoms with E-state index in [-0.39, 0.29) is 6.04 Å². The minimum atomic E-state index is 0.254. The summed E-state index contributed by atoms with van der Waals surface area (Å²) < 4.78 is 0. The quantitative estimate of drug-likeness (QED) is 0.709. The molecule has 0 amide bonds. The number of nitrogens with one attached hydrogen (secondary N) is 1. The number of rotatable bonds is 4. The van der Waals surface area contributed by atoms with Crippen molar-refractivity contribution in [3.63, 3.8) is 0 Å². The van der Waals surface area contributed by atoms with E-state index in [1.807, 2.05) is 0 Å². The molecule has 1 saturated carbocycles. The van der Waals surface area contributed by atoms with Crippen LogP contribution in [0.15, 0.2) is 18.5 Å². The lowest BCUT2D eigenvalue weighted by Crippen LogP contribution is -2.31. The van der Waals surface area contributed by atoms with Gasteiger partial charge in [0.15, 0.2) is 0 Å². The van der Waals surface area contributed by atoms with Crippen LogP contribution >= 0.6 is 0 Å². The van der Waals surface area contributed by atoms with Crippen molar-refractivity contribution in [3.8, 4) is 0 Å². The van der Waals surface area contributed by atoms with Crippen LogP contribution in [0.2, 0.25) is 0 Å². The molecule has 4 nitrogen and oxygen atoms in total. The van der Waals surface area contributed by atoms with Crippen LogP contribution in [0, 0.1) is 5.92 Å². The summed E-state index contributed by atoms with van der Waals surface area (Å²) in [6.45, 7) is 0.772. The zero-order chi connectivity index (χ0) is 9.10. The van der Waals surface area contributed by atoms with Gasteiger partial charge in [0.05, 0.1) is 0 Å². The van der Waals surface area contributed by atoms with Crippen molar-refractivity contribution in [2.75, 3.05) is 11.9 Å². The zero-order valence-electron chi connectivity index (χ0n) is 7.48. The molecule has 13 heavy (non-hydrogen) atoms. The highest BCUT2D eigenvalue weighted by molar-refractivity contribution is 5.22.